The first-order chi connectivity index (χ1) is 21.3. The van der Waals surface area contributed by atoms with Crippen molar-refractivity contribution in [1.29, 1.82) is 0 Å². The molecule has 1 unspecified atom stereocenters. The SMILES string of the molecule is CCC(Sc1cccc(NC(=O)/C(=C/c2cccc(Cl)c2)NC(=O)c2ccccc2)c1)C(=O)Nc1nc2ccc(C)cc2s1. The van der Waals surface area contributed by atoms with E-state index in [2.05, 4.69) is 27.0 Å². The van der Waals surface area contributed by atoms with E-state index in [0.29, 0.717) is 33.4 Å². The molecule has 1 atom stereocenters. The number of anilines is 2. The molecule has 0 saturated heterocycles. The minimum atomic E-state index is -0.507. The molecule has 44 heavy (non-hydrogen) atoms. The highest BCUT2D eigenvalue weighted by atomic mass is 35.5. The zero-order valence-corrected chi connectivity index (χ0v) is 26.4. The molecule has 3 N–H and O–H groups in total. The van der Waals surface area contributed by atoms with Gasteiger partial charge in [0, 0.05) is 21.2 Å². The summed E-state index contributed by atoms with van der Waals surface area (Å²) < 4.78 is 1.02. The number of nitrogens with one attached hydrogen (secondary N) is 3. The number of carbonyl (C=O) groups is 3. The van der Waals surface area contributed by atoms with Crippen LogP contribution in [0, 0.1) is 6.92 Å². The molecule has 0 aliphatic rings. The van der Waals surface area contributed by atoms with Crippen LogP contribution in [0.4, 0.5) is 10.8 Å². The van der Waals surface area contributed by atoms with Gasteiger partial charge in [-0.2, -0.15) is 0 Å². The van der Waals surface area contributed by atoms with Crippen molar-refractivity contribution in [3.05, 3.63) is 124 Å². The third kappa shape index (κ3) is 8.13. The molecule has 222 valence electrons. The van der Waals surface area contributed by atoms with Crippen LogP contribution in [0.2, 0.25) is 5.02 Å². The van der Waals surface area contributed by atoms with Gasteiger partial charge in [-0.1, -0.05) is 72.3 Å². The average Bonchev–Trinajstić information content (AvgIpc) is 3.41. The maximum atomic E-state index is 13.5. The number of aryl methyl sites for hydroxylation is 1. The second-order valence-corrected chi connectivity index (χ2v) is 12.7. The molecule has 0 bridgehead atoms. The Balaban J connectivity index is 1.30. The summed E-state index contributed by atoms with van der Waals surface area (Å²) in [6.45, 7) is 3.97. The van der Waals surface area contributed by atoms with E-state index < -0.39 is 11.8 Å². The Hall–Kier alpha value is -4.44. The number of thioether (sulfide) groups is 1. The molecule has 5 rings (SSSR count). The molecule has 0 spiro atoms. The summed E-state index contributed by atoms with van der Waals surface area (Å²) in [5, 5.41) is 9.26. The minimum absolute atomic E-state index is 0.0519. The molecule has 3 amide bonds. The van der Waals surface area contributed by atoms with Gasteiger partial charge >= 0.3 is 0 Å². The molecule has 7 nitrogen and oxygen atoms in total. The lowest BCUT2D eigenvalue weighted by Crippen LogP contribution is -2.30. The Labute approximate surface area is 268 Å². The second-order valence-electron chi connectivity index (χ2n) is 9.91. The van der Waals surface area contributed by atoms with E-state index in [1.165, 1.54) is 23.1 Å². The molecule has 0 aliphatic heterocycles. The Morgan fingerprint density at radius 3 is 2.50 bits per heavy atom. The first-order valence-electron chi connectivity index (χ1n) is 13.9. The van der Waals surface area contributed by atoms with Gasteiger partial charge in [0.15, 0.2) is 5.13 Å². The molecule has 10 heteroatoms. The van der Waals surface area contributed by atoms with Gasteiger partial charge in [0.1, 0.15) is 5.70 Å². The lowest BCUT2D eigenvalue weighted by atomic mass is 10.1. The van der Waals surface area contributed by atoms with Gasteiger partial charge in [-0.3, -0.25) is 14.4 Å². The van der Waals surface area contributed by atoms with Crippen LogP contribution in [0.5, 0.6) is 0 Å². The van der Waals surface area contributed by atoms with Crippen molar-refractivity contribution in [2.75, 3.05) is 10.6 Å². The van der Waals surface area contributed by atoms with Crippen molar-refractivity contribution in [3.63, 3.8) is 0 Å². The minimum Gasteiger partial charge on any atom is -0.321 e. The number of rotatable bonds is 10. The first-order valence-corrected chi connectivity index (χ1v) is 15.9. The molecular weight excluding hydrogens is 612 g/mol. The van der Waals surface area contributed by atoms with Crippen LogP contribution in [-0.4, -0.2) is 28.0 Å². The maximum absolute atomic E-state index is 13.5. The highest BCUT2D eigenvalue weighted by molar-refractivity contribution is 8.00. The predicted octanol–water partition coefficient (Wildman–Crippen LogP) is 8.18. The fraction of sp³-hybridized carbons (Fsp3) is 0.118. The molecule has 1 aromatic heterocycles. The van der Waals surface area contributed by atoms with E-state index in [1.54, 1.807) is 72.8 Å². The van der Waals surface area contributed by atoms with Crippen LogP contribution in [0.25, 0.3) is 16.3 Å². The van der Waals surface area contributed by atoms with Gasteiger partial charge in [0.25, 0.3) is 11.8 Å². The van der Waals surface area contributed by atoms with Gasteiger partial charge in [-0.05, 0) is 85.1 Å². The zero-order chi connectivity index (χ0) is 31.1. The fourth-order valence-corrected chi connectivity index (χ4v) is 6.49. The van der Waals surface area contributed by atoms with Crippen LogP contribution in [0.15, 0.2) is 108 Å². The normalized spacial score (nSPS) is 12.0. The monoisotopic (exact) mass is 640 g/mol. The fourth-order valence-electron chi connectivity index (χ4n) is 4.31. The Kier molecular flexibility index (Phi) is 10.1. The standard InChI is InChI=1S/C34H29ClN4O3S2/c1-3-29(33(42)39-34-38-27-16-15-21(2)17-30(27)44-34)43-26-14-8-13-25(20-26)36-32(41)28(19-22-9-7-12-24(35)18-22)37-31(40)23-10-5-4-6-11-23/h4-20,29H,3H2,1-2H3,(H,36,41)(H,37,40)(H,38,39,42)/b28-19-. The average molecular weight is 641 g/mol. The van der Waals surface area contributed by atoms with Gasteiger partial charge in [-0.15, -0.1) is 11.8 Å². The van der Waals surface area contributed by atoms with Gasteiger partial charge in [-0.25, -0.2) is 4.98 Å². The molecule has 0 saturated carbocycles. The molecule has 4 aromatic carbocycles. The number of hydrogen-bond acceptors (Lipinski definition) is 6. The number of benzene rings is 4. The van der Waals surface area contributed by atoms with Crippen LogP contribution >= 0.6 is 34.7 Å². The summed E-state index contributed by atoms with van der Waals surface area (Å²) in [5.74, 6) is -1.07. The molecule has 1 heterocycles. The summed E-state index contributed by atoms with van der Waals surface area (Å²) in [4.78, 5) is 44.9. The number of halogens is 1. The summed E-state index contributed by atoms with van der Waals surface area (Å²) in [6, 6.07) is 28.9. The van der Waals surface area contributed by atoms with E-state index in [4.69, 9.17) is 11.6 Å². The van der Waals surface area contributed by atoms with E-state index in [1.807, 2.05) is 38.1 Å². The molecular formula is C34H29ClN4O3S2. The van der Waals surface area contributed by atoms with Crippen LogP contribution < -0.4 is 16.0 Å². The second kappa shape index (κ2) is 14.4. The zero-order valence-electron chi connectivity index (χ0n) is 24.0. The van der Waals surface area contributed by atoms with Crippen LogP contribution in [0.1, 0.15) is 34.8 Å². The smallest absolute Gasteiger partial charge is 0.272 e. The molecule has 0 radical (unpaired) electrons. The first kappa shape index (κ1) is 31.0. The maximum Gasteiger partial charge on any atom is 0.272 e. The highest BCUT2D eigenvalue weighted by Gasteiger charge is 2.21. The number of carbonyl (C=O) groups excluding carboxylic acids is 3. The number of amides is 3. The number of fused-ring (bicyclic) bond motifs is 1. The Morgan fingerprint density at radius 1 is 0.932 bits per heavy atom. The van der Waals surface area contributed by atoms with Crippen LogP contribution in [-0.2, 0) is 9.59 Å². The van der Waals surface area contributed by atoms with E-state index in [-0.39, 0.29) is 16.9 Å². The largest absolute Gasteiger partial charge is 0.321 e. The number of hydrogen-bond donors (Lipinski definition) is 3. The quantitative estimate of drug-likeness (QED) is 0.106. The molecule has 5 aromatic rings. The van der Waals surface area contributed by atoms with Crippen molar-refractivity contribution in [2.45, 2.75) is 30.4 Å². The summed E-state index contributed by atoms with van der Waals surface area (Å²) in [5.41, 5.74) is 3.63. The third-order valence-corrected chi connectivity index (χ3v) is 9.02. The summed E-state index contributed by atoms with van der Waals surface area (Å²) in [7, 11) is 0. The van der Waals surface area contributed by atoms with Crippen molar-refractivity contribution in [3.8, 4) is 0 Å². The Bertz CT molecular complexity index is 1860. The predicted molar refractivity (Wildman–Crippen MR) is 181 cm³/mol. The summed E-state index contributed by atoms with van der Waals surface area (Å²) >= 11 is 9.00. The van der Waals surface area contributed by atoms with Crippen LogP contribution in [0.3, 0.4) is 0 Å². The number of nitrogens with zero attached hydrogens (tertiary/aromatic N) is 1. The summed E-state index contributed by atoms with van der Waals surface area (Å²) in [6.07, 6.45) is 2.16. The van der Waals surface area contributed by atoms with Crippen molar-refractivity contribution in [2.24, 2.45) is 0 Å². The highest BCUT2D eigenvalue weighted by Crippen LogP contribution is 2.31. The van der Waals surface area contributed by atoms with Gasteiger partial charge < -0.3 is 16.0 Å². The van der Waals surface area contributed by atoms with Gasteiger partial charge in [0.2, 0.25) is 5.91 Å². The topological polar surface area (TPSA) is 100 Å². The third-order valence-electron chi connectivity index (χ3n) is 6.50. The Morgan fingerprint density at radius 2 is 1.73 bits per heavy atom. The van der Waals surface area contributed by atoms with E-state index in [0.717, 1.165) is 20.7 Å². The number of aromatic nitrogens is 1. The van der Waals surface area contributed by atoms with E-state index in [9.17, 15) is 14.4 Å². The molecule has 0 fully saturated rings. The van der Waals surface area contributed by atoms with Gasteiger partial charge in [0.05, 0.1) is 15.5 Å². The van der Waals surface area contributed by atoms with Crippen molar-refractivity contribution >= 4 is 79.5 Å². The molecule has 0 aliphatic carbocycles. The lowest BCUT2D eigenvalue weighted by Gasteiger charge is -2.15. The van der Waals surface area contributed by atoms with E-state index >= 15 is 0 Å². The van der Waals surface area contributed by atoms with Crippen molar-refractivity contribution < 1.29 is 14.4 Å². The lowest BCUT2D eigenvalue weighted by molar-refractivity contribution is -0.116. The van der Waals surface area contributed by atoms with Crippen molar-refractivity contribution in [1.82, 2.24) is 10.3 Å². The number of thiazole rings is 1.